The van der Waals surface area contributed by atoms with Crippen LogP contribution in [0.4, 0.5) is 0 Å². The molecule has 0 spiro atoms. The van der Waals surface area contributed by atoms with Gasteiger partial charge in [-0.1, -0.05) is 114 Å². The Bertz CT molecular complexity index is 956. The van der Waals surface area contributed by atoms with Gasteiger partial charge in [0.05, 0.1) is 8.07 Å². The molecule has 0 N–H and O–H groups in total. The van der Waals surface area contributed by atoms with Crippen LogP contribution in [0.5, 0.6) is 0 Å². The van der Waals surface area contributed by atoms with Gasteiger partial charge in [-0.25, -0.2) is 0 Å². The van der Waals surface area contributed by atoms with E-state index in [1.807, 2.05) is 0 Å². The Balaban J connectivity index is 1.96. The average Bonchev–Trinajstić information content (AvgIpc) is 3.26. The molecule has 0 nitrogen and oxygen atoms in total. The van der Waals surface area contributed by atoms with Crippen molar-refractivity contribution in [3.63, 3.8) is 0 Å². The fourth-order valence-corrected chi connectivity index (χ4v) is 8.66. The molecular weight excluding hydrogens is 364 g/mol. The van der Waals surface area contributed by atoms with Gasteiger partial charge < -0.3 is 0 Å². The predicted octanol–water partition coefficient (Wildman–Crippen LogP) is 8.07. The lowest BCUT2D eigenvalue weighted by molar-refractivity contribution is 0.589. The van der Waals surface area contributed by atoms with E-state index >= 15 is 0 Å². The van der Waals surface area contributed by atoms with Gasteiger partial charge in [-0.2, -0.15) is 0 Å². The summed E-state index contributed by atoms with van der Waals surface area (Å²) in [5.74, 6) is 0. The second kappa shape index (κ2) is 6.57. The van der Waals surface area contributed by atoms with Gasteiger partial charge in [0, 0.05) is 5.54 Å². The SMILES string of the molecule is CC(C)(C)c1ccc2c(c1)C([Si](C)(C)C1=CC=CC1)c1cc(C(C)(C)C)ccc1-2. The standard InChI is InChI=1S/C28H36Si/c1-27(2,3)19-13-15-22-23-16-14-20(28(4,5)6)18-25(23)26(24(22)17-19)29(7,8)21-11-9-10-12-21/h9-11,13-18,26H,12H2,1-8H3. The normalized spacial score (nSPS) is 16.8. The third-order valence-corrected chi connectivity index (χ3v) is 11.2. The molecule has 0 amide bonds. The van der Waals surface area contributed by atoms with Crippen LogP contribution < -0.4 is 0 Å². The Morgan fingerprint density at radius 3 is 1.62 bits per heavy atom. The highest BCUT2D eigenvalue weighted by atomic mass is 28.3. The molecule has 0 saturated carbocycles. The van der Waals surface area contributed by atoms with E-state index in [1.165, 1.54) is 22.3 Å². The van der Waals surface area contributed by atoms with Gasteiger partial charge in [0.1, 0.15) is 0 Å². The summed E-state index contributed by atoms with van der Waals surface area (Å²) in [5, 5.41) is 1.68. The number of hydrogen-bond donors (Lipinski definition) is 0. The minimum Gasteiger partial charge on any atom is -0.0809 e. The highest BCUT2D eigenvalue weighted by Crippen LogP contribution is 2.52. The monoisotopic (exact) mass is 400 g/mol. The van der Waals surface area contributed by atoms with Crippen LogP contribution in [0.3, 0.4) is 0 Å². The Hall–Kier alpha value is -1.86. The van der Waals surface area contributed by atoms with E-state index in [9.17, 15) is 0 Å². The number of allylic oxidation sites excluding steroid dienone is 4. The lowest BCUT2D eigenvalue weighted by atomic mass is 9.85. The molecule has 2 aliphatic rings. The van der Waals surface area contributed by atoms with Crippen molar-refractivity contribution in [1.29, 1.82) is 0 Å². The van der Waals surface area contributed by atoms with Gasteiger partial charge >= 0.3 is 0 Å². The van der Waals surface area contributed by atoms with Crippen LogP contribution in [0, 0.1) is 0 Å². The highest BCUT2D eigenvalue weighted by molar-refractivity contribution is 6.86. The summed E-state index contributed by atoms with van der Waals surface area (Å²) in [6.45, 7) is 19.1. The third kappa shape index (κ3) is 3.38. The van der Waals surface area contributed by atoms with Crippen molar-refractivity contribution in [2.24, 2.45) is 0 Å². The number of benzene rings is 2. The fourth-order valence-electron chi connectivity index (χ4n) is 5.08. The highest BCUT2D eigenvalue weighted by Gasteiger charge is 2.43. The van der Waals surface area contributed by atoms with Crippen molar-refractivity contribution in [3.05, 3.63) is 82.1 Å². The number of hydrogen-bond acceptors (Lipinski definition) is 0. The van der Waals surface area contributed by atoms with E-state index in [0.29, 0.717) is 5.54 Å². The molecule has 152 valence electrons. The lowest BCUT2D eigenvalue weighted by Crippen LogP contribution is -2.37. The average molecular weight is 401 g/mol. The van der Waals surface area contributed by atoms with Crippen LogP contribution in [0.1, 0.15) is 75.8 Å². The van der Waals surface area contributed by atoms with Crippen molar-refractivity contribution < 1.29 is 0 Å². The zero-order valence-corrected chi connectivity index (χ0v) is 20.5. The zero-order chi connectivity index (χ0) is 21.2. The first-order valence-electron chi connectivity index (χ1n) is 11.1. The molecule has 0 heterocycles. The summed E-state index contributed by atoms with van der Waals surface area (Å²) in [4.78, 5) is 0. The van der Waals surface area contributed by atoms with Gasteiger partial charge in [0.25, 0.3) is 0 Å². The van der Waals surface area contributed by atoms with Crippen molar-refractivity contribution >= 4 is 8.07 Å². The Morgan fingerprint density at radius 2 is 1.24 bits per heavy atom. The van der Waals surface area contributed by atoms with Crippen LogP contribution >= 0.6 is 0 Å². The second-order valence-electron chi connectivity index (χ2n) is 11.6. The van der Waals surface area contributed by atoms with E-state index < -0.39 is 8.07 Å². The lowest BCUT2D eigenvalue weighted by Gasteiger charge is -2.34. The maximum atomic E-state index is 2.59. The molecule has 0 radical (unpaired) electrons. The summed E-state index contributed by atoms with van der Waals surface area (Å²) in [7, 11) is -1.71. The van der Waals surface area contributed by atoms with Crippen LogP contribution in [0.2, 0.25) is 13.1 Å². The summed E-state index contributed by atoms with van der Waals surface area (Å²) in [6, 6.07) is 14.6. The van der Waals surface area contributed by atoms with Crippen LogP contribution in [0.15, 0.2) is 59.8 Å². The second-order valence-corrected chi connectivity index (χ2v) is 16.2. The van der Waals surface area contributed by atoms with E-state index in [2.05, 4.69) is 109 Å². The van der Waals surface area contributed by atoms with Crippen LogP contribution in [0.25, 0.3) is 11.1 Å². The molecule has 0 unspecified atom stereocenters. The summed E-state index contributed by atoms with van der Waals surface area (Å²) >= 11 is 0. The quantitative estimate of drug-likeness (QED) is 0.447. The smallest absolute Gasteiger partial charge is 0.0809 e. The van der Waals surface area contributed by atoms with Crippen molar-refractivity contribution in [2.75, 3.05) is 0 Å². The molecule has 4 rings (SSSR count). The molecule has 0 aliphatic heterocycles. The molecular formula is C28H36Si. The van der Waals surface area contributed by atoms with Crippen molar-refractivity contribution in [3.8, 4) is 11.1 Å². The summed E-state index contributed by atoms with van der Waals surface area (Å²) in [5.41, 5.74) is 9.85. The first kappa shape index (κ1) is 20.4. The Kier molecular flexibility index (Phi) is 4.62. The van der Waals surface area contributed by atoms with Crippen LogP contribution in [-0.2, 0) is 10.8 Å². The molecule has 0 bridgehead atoms. The van der Waals surface area contributed by atoms with E-state index in [-0.39, 0.29) is 10.8 Å². The third-order valence-electron chi connectivity index (χ3n) is 7.07. The number of fused-ring (bicyclic) bond motifs is 3. The maximum Gasteiger partial charge on any atom is 0.0881 e. The fraction of sp³-hybridized carbons (Fsp3) is 0.429. The van der Waals surface area contributed by atoms with Crippen LogP contribution in [-0.4, -0.2) is 8.07 Å². The molecule has 0 atom stereocenters. The Labute approximate surface area is 178 Å². The minimum absolute atomic E-state index is 0.171. The minimum atomic E-state index is -1.71. The molecule has 0 aromatic heterocycles. The first-order valence-corrected chi connectivity index (χ1v) is 14.1. The van der Waals surface area contributed by atoms with Gasteiger partial charge in [0.15, 0.2) is 0 Å². The summed E-state index contributed by atoms with van der Waals surface area (Å²) in [6.07, 6.45) is 8.14. The predicted molar refractivity (Wildman–Crippen MR) is 130 cm³/mol. The number of rotatable bonds is 2. The molecule has 0 fully saturated rings. The Morgan fingerprint density at radius 1 is 0.759 bits per heavy atom. The molecule has 2 aromatic rings. The van der Waals surface area contributed by atoms with Crippen molar-refractivity contribution in [2.45, 2.75) is 77.4 Å². The first-order chi connectivity index (χ1) is 13.4. The van der Waals surface area contributed by atoms with E-state index in [0.717, 1.165) is 6.42 Å². The summed E-state index contributed by atoms with van der Waals surface area (Å²) < 4.78 is 0. The topological polar surface area (TPSA) is 0 Å². The van der Waals surface area contributed by atoms with Gasteiger partial charge in [0.2, 0.25) is 0 Å². The zero-order valence-electron chi connectivity index (χ0n) is 19.5. The van der Waals surface area contributed by atoms with Gasteiger partial charge in [-0.05, 0) is 50.6 Å². The molecule has 0 saturated heterocycles. The van der Waals surface area contributed by atoms with Gasteiger partial charge in [-0.3, -0.25) is 0 Å². The molecule has 1 heteroatoms. The maximum absolute atomic E-state index is 2.59. The molecule has 29 heavy (non-hydrogen) atoms. The molecule has 2 aromatic carbocycles. The van der Waals surface area contributed by atoms with E-state index in [1.54, 1.807) is 16.3 Å². The largest absolute Gasteiger partial charge is 0.0881 e. The van der Waals surface area contributed by atoms with E-state index in [4.69, 9.17) is 0 Å². The van der Waals surface area contributed by atoms with Crippen molar-refractivity contribution in [1.82, 2.24) is 0 Å². The molecule has 2 aliphatic carbocycles. The van der Waals surface area contributed by atoms with Gasteiger partial charge in [-0.15, -0.1) is 0 Å².